The molecule has 0 saturated carbocycles. The van der Waals surface area contributed by atoms with Crippen LogP contribution in [0.1, 0.15) is 12.0 Å². The molecule has 0 bridgehead atoms. The van der Waals surface area contributed by atoms with Crippen LogP contribution in [-0.2, 0) is 21.1 Å². The highest BCUT2D eigenvalue weighted by Gasteiger charge is 2.16. The number of rotatable bonds is 5. The molecule has 0 aromatic heterocycles. The summed E-state index contributed by atoms with van der Waals surface area (Å²) in [4.78, 5) is 10.6. The molecule has 0 atom stereocenters. The Morgan fingerprint density at radius 3 is 2.56 bits per heavy atom. The molecule has 1 aromatic carbocycles. The number of aldehydes is 1. The van der Waals surface area contributed by atoms with Gasteiger partial charge in [-0.25, -0.2) is 8.42 Å². The highest BCUT2D eigenvalue weighted by molar-refractivity contribution is 7.90. The number of carbonyl (C=O) groups is 1. The van der Waals surface area contributed by atoms with Crippen LogP contribution in [0.2, 0.25) is 0 Å². The monoisotopic (exact) mass is 242 g/mol. The Kier molecular flexibility index (Phi) is 4.06. The number of carbonyl (C=O) groups excluding carboxylic acids is 1. The summed E-state index contributed by atoms with van der Waals surface area (Å²) in [6, 6.07) is 4.84. The molecule has 16 heavy (non-hydrogen) atoms. The molecule has 0 unspecified atom stereocenters. The maximum absolute atomic E-state index is 11.5. The molecule has 5 heteroatoms. The van der Waals surface area contributed by atoms with Gasteiger partial charge in [0.1, 0.15) is 12.0 Å². The molecule has 1 aromatic rings. The first-order chi connectivity index (χ1) is 7.50. The molecule has 0 aliphatic rings. The number of methoxy groups -OCH3 is 1. The zero-order valence-corrected chi connectivity index (χ0v) is 10.1. The molecule has 0 amide bonds. The zero-order chi connectivity index (χ0) is 12.2. The summed E-state index contributed by atoms with van der Waals surface area (Å²) in [5.74, 6) is 0.504. The molecule has 0 saturated heterocycles. The average Bonchev–Trinajstić information content (AvgIpc) is 2.24. The summed E-state index contributed by atoms with van der Waals surface area (Å²) in [6.07, 6.45) is 2.56. The van der Waals surface area contributed by atoms with E-state index in [1.807, 2.05) is 0 Å². The summed E-state index contributed by atoms with van der Waals surface area (Å²) >= 11 is 0. The largest absolute Gasteiger partial charge is 0.496 e. The third-order valence-corrected chi connectivity index (χ3v) is 3.40. The van der Waals surface area contributed by atoms with Crippen molar-refractivity contribution in [2.24, 2.45) is 0 Å². The van der Waals surface area contributed by atoms with Crippen LogP contribution in [0.3, 0.4) is 0 Å². The molecule has 0 heterocycles. The van der Waals surface area contributed by atoms with E-state index >= 15 is 0 Å². The Bertz CT molecular complexity index is 477. The molecule has 88 valence electrons. The lowest BCUT2D eigenvalue weighted by molar-refractivity contribution is -0.107. The lowest BCUT2D eigenvalue weighted by Gasteiger charge is -2.11. The third-order valence-electron chi connectivity index (χ3n) is 2.22. The van der Waals surface area contributed by atoms with E-state index in [9.17, 15) is 13.2 Å². The Balaban J connectivity index is 3.31. The number of ether oxygens (including phenoxy) is 1. The first-order valence-corrected chi connectivity index (χ1v) is 6.69. The summed E-state index contributed by atoms with van der Waals surface area (Å²) in [7, 11) is -1.81. The molecule has 0 radical (unpaired) electrons. The van der Waals surface area contributed by atoms with Gasteiger partial charge in [0.15, 0.2) is 9.84 Å². The maximum atomic E-state index is 11.5. The lowest BCUT2D eigenvalue weighted by Crippen LogP contribution is -2.05. The Labute approximate surface area is 95.2 Å². The van der Waals surface area contributed by atoms with Crippen LogP contribution in [0.5, 0.6) is 5.75 Å². The summed E-state index contributed by atoms with van der Waals surface area (Å²) < 4.78 is 28.2. The molecule has 1 rings (SSSR count). The van der Waals surface area contributed by atoms with Gasteiger partial charge in [0, 0.05) is 18.2 Å². The van der Waals surface area contributed by atoms with E-state index in [1.165, 1.54) is 13.2 Å². The first-order valence-electron chi connectivity index (χ1n) is 4.80. The third kappa shape index (κ3) is 2.82. The van der Waals surface area contributed by atoms with Crippen LogP contribution in [0.25, 0.3) is 0 Å². The quantitative estimate of drug-likeness (QED) is 0.729. The number of hydrogen-bond donors (Lipinski definition) is 0. The number of benzene rings is 1. The van der Waals surface area contributed by atoms with Gasteiger partial charge in [0.05, 0.1) is 12.0 Å². The molecule has 0 N–H and O–H groups in total. The van der Waals surface area contributed by atoms with Gasteiger partial charge in [0.25, 0.3) is 0 Å². The minimum Gasteiger partial charge on any atom is -0.496 e. The van der Waals surface area contributed by atoms with Gasteiger partial charge in [-0.05, 0) is 18.6 Å². The van der Waals surface area contributed by atoms with Gasteiger partial charge in [-0.2, -0.15) is 0 Å². The van der Waals surface area contributed by atoms with Gasteiger partial charge < -0.3 is 9.53 Å². The average molecular weight is 242 g/mol. The SMILES string of the molecule is COc1cccc(S(C)(=O)=O)c1CCC=O. The van der Waals surface area contributed by atoms with E-state index < -0.39 is 9.84 Å². The number of sulfone groups is 1. The van der Waals surface area contributed by atoms with Crippen molar-refractivity contribution in [3.05, 3.63) is 23.8 Å². The topological polar surface area (TPSA) is 60.4 Å². The fourth-order valence-electron chi connectivity index (χ4n) is 1.53. The van der Waals surface area contributed by atoms with Crippen molar-refractivity contribution in [2.45, 2.75) is 17.7 Å². The first kappa shape index (κ1) is 12.7. The van der Waals surface area contributed by atoms with Crippen molar-refractivity contribution in [1.82, 2.24) is 0 Å². The Hall–Kier alpha value is -1.36. The summed E-state index contributed by atoms with van der Waals surface area (Å²) in [6.45, 7) is 0. The molecule has 4 nitrogen and oxygen atoms in total. The second-order valence-corrected chi connectivity index (χ2v) is 5.40. The maximum Gasteiger partial charge on any atom is 0.175 e. The normalized spacial score (nSPS) is 11.1. The highest BCUT2D eigenvalue weighted by atomic mass is 32.2. The van der Waals surface area contributed by atoms with Crippen molar-refractivity contribution in [1.29, 1.82) is 0 Å². The van der Waals surface area contributed by atoms with Crippen molar-refractivity contribution >= 4 is 16.1 Å². The van der Waals surface area contributed by atoms with Gasteiger partial charge in [0.2, 0.25) is 0 Å². The highest BCUT2D eigenvalue weighted by Crippen LogP contribution is 2.26. The van der Waals surface area contributed by atoms with Gasteiger partial charge in [-0.15, -0.1) is 0 Å². The standard InChI is InChI=1S/C11H14O4S/c1-15-10-6-3-7-11(16(2,13)14)9(10)5-4-8-12/h3,6-8H,4-5H2,1-2H3. The van der Waals surface area contributed by atoms with E-state index in [0.717, 1.165) is 12.5 Å². The smallest absolute Gasteiger partial charge is 0.175 e. The minimum atomic E-state index is -3.29. The van der Waals surface area contributed by atoms with Crippen molar-refractivity contribution in [3.8, 4) is 5.75 Å². The van der Waals surface area contributed by atoms with Crippen LogP contribution in [0, 0.1) is 0 Å². The predicted octanol–water partition coefficient (Wildman–Crippen LogP) is 1.23. The van der Waals surface area contributed by atoms with Crippen molar-refractivity contribution in [3.63, 3.8) is 0 Å². The van der Waals surface area contributed by atoms with E-state index in [2.05, 4.69) is 0 Å². The molecule has 0 aliphatic heterocycles. The molecule has 0 aliphatic carbocycles. The fraction of sp³-hybridized carbons (Fsp3) is 0.364. The van der Waals surface area contributed by atoms with Crippen molar-refractivity contribution < 1.29 is 17.9 Å². The van der Waals surface area contributed by atoms with Crippen LogP contribution < -0.4 is 4.74 Å². The van der Waals surface area contributed by atoms with E-state index in [0.29, 0.717) is 17.7 Å². The summed E-state index contributed by atoms with van der Waals surface area (Å²) in [5.41, 5.74) is 0.569. The van der Waals surface area contributed by atoms with Crippen LogP contribution in [0.15, 0.2) is 23.1 Å². The van der Waals surface area contributed by atoms with Gasteiger partial charge in [-0.1, -0.05) is 6.07 Å². The van der Waals surface area contributed by atoms with Crippen LogP contribution in [-0.4, -0.2) is 28.1 Å². The minimum absolute atomic E-state index is 0.230. The molecule has 0 fully saturated rings. The molecular weight excluding hydrogens is 228 g/mol. The van der Waals surface area contributed by atoms with E-state index in [1.54, 1.807) is 12.1 Å². The molecule has 0 spiro atoms. The second kappa shape index (κ2) is 5.12. The Morgan fingerprint density at radius 1 is 1.38 bits per heavy atom. The van der Waals surface area contributed by atoms with E-state index in [-0.39, 0.29) is 11.3 Å². The number of hydrogen-bond acceptors (Lipinski definition) is 4. The predicted molar refractivity (Wildman–Crippen MR) is 60.5 cm³/mol. The van der Waals surface area contributed by atoms with Gasteiger partial charge >= 0.3 is 0 Å². The summed E-state index contributed by atoms with van der Waals surface area (Å²) in [5, 5.41) is 0. The lowest BCUT2D eigenvalue weighted by atomic mass is 10.1. The second-order valence-electron chi connectivity index (χ2n) is 3.41. The van der Waals surface area contributed by atoms with Crippen LogP contribution >= 0.6 is 0 Å². The van der Waals surface area contributed by atoms with Crippen LogP contribution in [0.4, 0.5) is 0 Å². The fourth-order valence-corrected chi connectivity index (χ4v) is 2.51. The Morgan fingerprint density at radius 2 is 2.06 bits per heavy atom. The van der Waals surface area contributed by atoms with Crippen molar-refractivity contribution in [2.75, 3.05) is 13.4 Å². The molecular formula is C11H14O4S. The van der Waals surface area contributed by atoms with E-state index in [4.69, 9.17) is 4.74 Å². The zero-order valence-electron chi connectivity index (χ0n) is 9.26. The van der Waals surface area contributed by atoms with Gasteiger partial charge in [-0.3, -0.25) is 0 Å².